The summed E-state index contributed by atoms with van der Waals surface area (Å²) < 4.78 is 0. The number of rotatable bonds is 4. The summed E-state index contributed by atoms with van der Waals surface area (Å²) in [4.78, 5) is 0. The van der Waals surface area contributed by atoms with Crippen LogP contribution in [-0.4, -0.2) is 0 Å². The Morgan fingerprint density at radius 2 is 1.27 bits per heavy atom. The minimum absolute atomic E-state index is 0.259. The molecule has 0 N–H and O–H groups in total. The molecule has 0 aliphatic carbocycles. The highest BCUT2D eigenvalue weighted by molar-refractivity contribution is 6.34. The molecule has 0 saturated heterocycles. The SMILES string of the molecule is Clc1[c]c(Cl)c(CC(c2ccccc2)c2ccccc2)cc1. The Hall–Kier alpha value is -1.76. The Labute approximate surface area is 141 Å². The molecular formula is C20H15Cl2. The first-order chi connectivity index (χ1) is 10.7. The minimum Gasteiger partial charge on any atom is -0.0836 e. The first-order valence-corrected chi connectivity index (χ1v) is 7.96. The molecule has 2 heteroatoms. The van der Waals surface area contributed by atoms with Crippen LogP contribution in [0.3, 0.4) is 0 Å². The molecule has 109 valence electrons. The van der Waals surface area contributed by atoms with E-state index in [4.69, 9.17) is 23.2 Å². The third-order valence-corrected chi connectivity index (χ3v) is 4.33. The quantitative estimate of drug-likeness (QED) is 0.538. The van der Waals surface area contributed by atoms with Gasteiger partial charge in [0.05, 0.1) is 10.0 Å². The molecule has 3 aromatic rings. The number of hydrogen-bond donors (Lipinski definition) is 0. The van der Waals surface area contributed by atoms with Crippen molar-refractivity contribution in [2.45, 2.75) is 12.3 Å². The van der Waals surface area contributed by atoms with Crippen LogP contribution in [0.15, 0.2) is 72.8 Å². The summed E-state index contributed by atoms with van der Waals surface area (Å²) in [5.41, 5.74) is 3.61. The molecule has 3 rings (SSSR count). The second-order valence-corrected chi connectivity index (χ2v) is 6.01. The third kappa shape index (κ3) is 3.52. The van der Waals surface area contributed by atoms with Gasteiger partial charge in [-0.25, -0.2) is 0 Å². The zero-order valence-electron chi connectivity index (χ0n) is 12.0. The predicted octanol–water partition coefficient (Wildman–Crippen LogP) is 6.17. The topological polar surface area (TPSA) is 0 Å². The molecule has 0 fully saturated rings. The molecular weight excluding hydrogens is 311 g/mol. The Morgan fingerprint density at radius 3 is 1.77 bits per heavy atom. The van der Waals surface area contributed by atoms with Gasteiger partial charge in [0.2, 0.25) is 0 Å². The summed E-state index contributed by atoms with van der Waals surface area (Å²) in [5.74, 6) is 0.259. The molecule has 3 aromatic carbocycles. The third-order valence-electron chi connectivity index (χ3n) is 3.77. The van der Waals surface area contributed by atoms with Crippen molar-refractivity contribution in [3.05, 3.63) is 106 Å². The molecule has 0 nitrogen and oxygen atoms in total. The maximum atomic E-state index is 6.31. The van der Waals surface area contributed by atoms with E-state index >= 15 is 0 Å². The maximum absolute atomic E-state index is 6.31. The highest BCUT2D eigenvalue weighted by atomic mass is 35.5. The summed E-state index contributed by atoms with van der Waals surface area (Å²) in [6, 6.07) is 27.8. The molecule has 22 heavy (non-hydrogen) atoms. The molecule has 0 atom stereocenters. The summed E-state index contributed by atoms with van der Waals surface area (Å²) in [6.45, 7) is 0. The summed E-state index contributed by atoms with van der Waals surface area (Å²) in [6.07, 6.45) is 0.820. The van der Waals surface area contributed by atoms with Gasteiger partial charge in [0.1, 0.15) is 0 Å². The molecule has 0 aliphatic rings. The lowest BCUT2D eigenvalue weighted by atomic mass is 9.86. The summed E-state index contributed by atoms with van der Waals surface area (Å²) in [7, 11) is 0. The van der Waals surface area contributed by atoms with Crippen molar-refractivity contribution in [2.24, 2.45) is 0 Å². The van der Waals surface area contributed by atoms with Crippen LogP contribution in [0.25, 0.3) is 0 Å². The van der Waals surface area contributed by atoms with Crippen LogP contribution in [0.4, 0.5) is 0 Å². The molecule has 1 radical (unpaired) electrons. The van der Waals surface area contributed by atoms with Gasteiger partial charge in [-0.1, -0.05) is 89.9 Å². The first kappa shape index (κ1) is 15.1. The van der Waals surface area contributed by atoms with Crippen LogP contribution in [0.2, 0.25) is 10.0 Å². The molecule has 0 unspecified atom stereocenters. The standard InChI is InChI=1S/C20H15Cl2/c21-18-12-11-17(20(22)14-18)13-19(15-7-3-1-4-8-15)16-9-5-2-6-10-16/h1-12,19H,13H2. The van der Waals surface area contributed by atoms with E-state index in [1.807, 2.05) is 24.3 Å². The van der Waals surface area contributed by atoms with Crippen LogP contribution in [0.5, 0.6) is 0 Å². The van der Waals surface area contributed by atoms with Gasteiger partial charge in [-0.15, -0.1) is 0 Å². The van der Waals surface area contributed by atoms with Gasteiger partial charge >= 0.3 is 0 Å². The Morgan fingerprint density at radius 1 is 0.727 bits per heavy atom. The van der Waals surface area contributed by atoms with Gasteiger partial charge in [-0.3, -0.25) is 0 Å². The zero-order chi connectivity index (χ0) is 15.4. The van der Waals surface area contributed by atoms with Crippen molar-refractivity contribution in [2.75, 3.05) is 0 Å². The first-order valence-electron chi connectivity index (χ1n) is 7.20. The second-order valence-electron chi connectivity index (χ2n) is 5.22. The monoisotopic (exact) mass is 325 g/mol. The smallest absolute Gasteiger partial charge is 0.0532 e. The lowest BCUT2D eigenvalue weighted by Crippen LogP contribution is -2.05. The van der Waals surface area contributed by atoms with Crippen LogP contribution < -0.4 is 0 Å². The van der Waals surface area contributed by atoms with Crippen molar-refractivity contribution < 1.29 is 0 Å². The lowest BCUT2D eigenvalue weighted by Gasteiger charge is -2.19. The predicted molar refractivity (Wildman–Crippen MR) is 93.7 cm³/mol. The van der Waals surface area contributed by atoms with E-state index in [9.17, 15) is 0 Å². The maximum Gasteiger partial charge on any atom is 0.0532 e. The molecule has 0 aromatic heterocycles. The molecule has 0 bridgehead atoms. The average Bonchev–Trinajstić information content (AvgIpc) is 2.56. The van der Waals surface area contributed by atoms with Crippen molar-refractivity contribution in [3.8, 4) is 0 Å². The Bertz CT molecular complexity index is 697. The fourth-order valence-electron chi connectivity index (χ4n) is 2.65. The van der Waals surface area contributed by atoms with Gasteiger partial charge in [0, 0.05) is 12.0 Å². The van der Waals surface area contributed by atoms with Crippen molar-refractivity contribution >= 4 is 23.2 Å². The van der Waals surface area contributed by atoms with E-state index in [-0.39, 0.29) is 5.92 Å². The van der Waals surface area contributed by atoms with Gasteiger partial charge in [0.25, 0.3) is 0 Å². The second kappa shape index (κ2) is 7.00. The Kier molecular flexibility index (Phi) is 4.82. The zero-order valence-corrected chi connectivity index (χ0v) is 13.5. The van der Waals surface area contributed by atoms with E-state index in [0.29, 0.717) is 10.0 Å². The van der Waals surface area contributed by atoms with E-state index in [0.717, 1.165) is 12.0 Å². The van der Waals surface area contributed by atoms with E-state index in [1.165, 1.54) is 11.1 Å². The van der Waals surface area contributed by atoms with E-state index in [2.05, 4.69) is 54.6 Å². The number of halogens is 2. The van der Waals surface area contributed by atoms with Gasteiger partial charge < -0.3 is 0 Å². The minimum atomic E-state index is 0.259. The number of hydrogen-bond acceptors (Lipinski definition) is 0. The van der Waals surface area contributed by atoms with Crippen molar-refractivity contribution in [1.82, 2.24) is 0 Å². The van der Waals surface area contributed by atoms with Crippen LogP contribution in [0, 0.1) is 6.07 Å². The van der Waals surface area contributed by atoms with Crippen LogP contribution in [0.1, 0.15) is 22.6 Å². The number of benzene rings is 3. The molecule has 0 heterocycles. The molecule has 0 amide bonds. The highest BCUT2D eigenvalue weighted by Crippen LogP contribution is 2.31. The molecule has 0 spiro atoms. The summed E-state index contributed by atoms with van der Waals surface area (Å²) >= 11 is 12.3. The van der Waals surface area contributed by atoms with Crippen molar-refractivity contribution in [3.63, 3.8) is 0 Å². The van der Waals surface area contributed by atoms with E-state index in [1.54, 1.807) is 0 Å². The van der Waals surface area contributed by atoms with Crippen molar-refractivity contribution in [1.29, 1.82) is 0 Å². The normalized spacial score (nSPS) is 10.9. The molecule has 0 aliphatic heterocycles. The fraction of sp³-hybridized carbons (Fsp3) is 0.100. The van der Waals surface area contributed by atoms with Gasteiger partial charge in [-0.2, -0.15) is 0 Å². The molecule has 0 saturated carbocycles. The fourth-order valence-corrected chi connectivity index (χ4v) is 3.10. The van der Waals surface area contributed by atoms with Gasteiger partial charge in [-0.05, 0) is 29.2 Å². The summed E-state index contributed by atoms with van der Waals surface area (Å²) in [5, 5.41) is 1.15. The lowest BCUT2D eigenvalue weighted by molar-refractivity contribution is 0.805. The van der Waals surface area contributed by atoms with E-state index < -0.39 is 0 Å². The van der Waals surface area contributed by atoms with Crippen LogP contribution in [-0.2, 0) is 6.42 Å². The highest BCUT2D eigenvalue weighted by Gasteiger charge is 2.16. The van der Waals surface area contributed by atoms with Crippen LogP contribution >= 0.6 is 23.2 Å². The van der Waals surface area contributed by atoms with Gasteiger partial charge in [0.15, 0.2) is 0 Å². The largest absolute Gasteiger partial charge is 0.0836 e. The average molecular weight is 326 g/mol. The Balaban J connectivity index is 1.99.